The molecule has 40 valence electrons. The SMILES string of the molecule is CC#Cc1cscn1. The van der Waals surface area contributed by atoms with Crippen molar-refractivity contribution in [3.63, 3.8) is 0 Å². The number of rotatable bonds is 0. The Morgan fingerprint density at radius 1 is 1.75 bits per heavy atom. The Balaban J connectivity index is 2.88. The molecule has 0 N–H and O–H groups in total. The Kier molecular flexibility index (Phi) is 1.66. The normalized spacial score (nSPS) is 7.62. The van der Waals surface area contributed by atoms with Crippen molar-refractivity contribution >= 4 is 11.3 Å². The van der Waals surface area contributed by atoms with Crippen LogP contribution in [0.15, 0.2) is 10.9 Å². The Morgan fingerprint density at radius 3 is 3.12 bits per heavy atom. The Labute approximate surface area is 52.4 Å². The monoisotopic (exact) mass is 123 g/mol. The molecule has 0 saturated heterocycles. The van der Waals surface area contributed by atoms with E-state index in [4.69, 9.17) is 0 Å². The summed E-state index contributed by atoms with van der Waals surface area (Å²) in [6.07, 6.45) is 0. The summed E-state index contributed by atoms with van der Waals surface area (Å²) in [5.41, 5.74) is 2.65. The van der Waals surface area contributed by atoms with Gasteiger partial charge in [0.1, 0.15) is 5.69 Å². The van der Waals surface area contributed by atoms with Gasteiger partial charge in [0.15, 0.2) is 0 Å². The maximum Gasteiger partial charge on any atom is 0.124 e. The molecule has 0 fully saturated rings. The van der Waals surface area contributed by atoms with Crippen molar-refractivity contribution in [3.8, 4) is 11.8 Å². The minimum Gasteiger partial charge on any atom is -0.236 e. The summed E-state index contributed by atoms with van der Waals surface area (Å²) >= 11 is 1.57. The summed E-state index contributed by atoms with van der Waals surface area (Å²) in [6.45, 7) is 1.80. The van der Waals surface area contributed by atoms with Crippen molar-refractivity contribution in [3.05, 3.63) is 16.6 Å². The van der Waals surface area contributed by atoms with E-state index in [0.717, 1.165) is 5.69 Å². The first kappa shape index (κ1) is 5.33. The van der Waals surface area contributed by atoms with Crippen molar-refractivity contribution < 1.29 is 0 Å². The van der Waals surface area contributed by atoms with Gasteiger partial charge >= 0.3 is 0 Å². The van der Waals surface area contributed by atoms with E-state index in [0.29, 0.717) is 0 Å². The molecule has 1 heterocycles. The van der Waals surface area contributed by atoms with Gasteiger partial charge in [0.05, 0.1) is 5.51 Å². The molecule has 0 aliphatic carbocycles. The van der Waals surface area contributed by atoms with Gasteiger partial charge in [-0.1, -0.05) is 5.92 Å². The van der Waals surface area contributed by atoms with Gasteiger partial charge in [0, 0.05) is 5.38 Å². The van der Waals surface area contributed by atoms with E-state index in [9.17, 15) is 0 Å². The van der Waals surface area contributed by atoms with E-state index in [1.54, 1.807) is 23.8 Å². The molecule has 0 atom stereocenters. The summed E-state index contributed by atoms with van der Waals surface area (Å²) in [4.78, 5) is 3.95. The van der Waals surface area contributed by atoms with E-state index in [1.807, 2.05) is 5.38 Å². The molecule has 0 unspecified atom stereocenters. The van der Waals surface area contributed by atoms with Crippen molar-refractivity contribution in [2.24, 2.45) is 0 Å². The van der Waals surface area contributed by atoms with Crippen LogP contribution in [-0.4, -0.2) is 4.98 Å². The Hall–Kier alpha value is -0.810. The highest BCUT2D eigenvalue weighted by Gasteiger charge is 1.81. The van der Waals surface area contributed by atoms with E-state index in [-0.39, 0.29) is 0 Å². The first-order valence-electron chi connectivity index (χ1n) is 2.24. The van der Waals surface area contributed by atoms with Crippen molar-refractivity contribution in [2.75, 3.05) is 0 Å². The second kappa shape index (κ2) is 2.49. The van der Waals surface area contributed by atoms with Crippen molar-refractivity contribution in [2.45, 2.75) is 6.92 Å². The van der Waals surface area contributed by atoms with E-state index >= 15 is 0 Å². The zero-order valence-electron chi connectivity index (χ0n) is 4.51. The number of thiazole rings is 1. The lowest BCUT2D eigenvalue weighted by molar-refractivity contribution is 1.37. The first-order chi connectivity index (χ1) is 3.93. The first-order valence-corrected chi connectivity index (χ1v) is 3.18. The largest absolute Gasteiger partial charge is 0.236 e. The van der Waals surface area contributed by atoms with Crippen LogP contribution >= 0.6 is 11.3 Å². The Morgan fingerprint density at radius 2 is 2.62 bits per heavy atom. The summed E-state index contributed by atoms with van der Waals surface area (Å²) in [7, 11) is 0. The Bertz CT molecular complexity index is 202. The zero-order chi connectivity index (χ0) is 5.82. The summed E-state index contributed by atoms with van der Waals surface area (Å²) in [6, 6.07) is 0. The van der Waals surface area contributed by atoms with Crippen LogP contribution < -0.4 is 0 Å². The molecule has 0 amide bonds. The molecular weight excluding hydrogens is 118 g/mol. The maximum absolute atomic E-state index is 3.95. The lowest BCUT2D eigenvalue weighted by atomic mass is 10.5. The smallest absolute Gasteiger partial charge is 0.124 e. The fourth-order valence-electron chi connectivity index (χ4n) is 0.402. The molecule has 1 nitrogen and oxygen atoms in total. The summed E-state index contributed by atoms with van der Waals surface area (Å²) < 4.78 is 0. The predicted octanol–water partition coefficient (Wildman–Crippen LogP) is 1.51. The standard InChI is InChI=1S/C6H5NS/c1-2-3-6-4-8-5-7-6/h4-5H,1H3. The van der Waals surface area contributed by atoms with Gasteiger partial charge in [-0.25, -0.2) is 4.98 Å². The van der Waals surface area contributed by atoms with Crippen LogP contribution in [0.1, 0.15) is 12.6 Å². The van der Waals surface area contributed by atoms with Crippen molar-refractivity contribution in [1.82, 2.24) is 4.98 Å². The lowest BCUT2D eigenvalue weighted by Crippen LogP contribution is -1.66. The predicted molar refractivity (Wildman–Crippen MR) is 34.7 cm³/mol. The third-order valence-corrected chi connectivity index (χ3v) is 1.27. The molecule has 0 aliphatic rings. The molecular formula is C6H5NS. The highest BCUT2D eigenvalue weighted by atomic mass is 32.1. The van der Waals surface area contributed by atoms with Crippen LogP contribution in [0.3, 0.4) is 0 Å². The van der Waals surface area contributed by atoms with Gasteiger partial charge in [-0.2, -0.15) is 0 Å². The molecule has 0 saturated carbocycles. The second-order valence-electron chi connectivity index (χ2n) is 1.25. The van der Waals surface area contributed by atoms with E-state index < -0.39 is 0 Å². The quantitative estimate of drug-likeness (QED) is 0.476. The van der Waals surface area contributed by atoms with E-state index in [1.165, 1.54) is 0 Å². The van der Waals surface area contributed by atoms with Crippen LogP contribution in [0.5, 0.6) is 0 Å². The van der Waals surface area contributed by atoms with Gasteiger partial charge in [0.25, 0.3) is 0 Å². The van der Waals surface area contributed by atoms with Crippen LogP contribution in [0.4, 0.5) is 0 Å². The minimum absolute atomic E-state index is 0.873. The minimum atomic E-state index is 0.873. The average molecular weight is 123 g/mol. The van der Waals surface area contributed by atoms with Gasteiger partial charge < -0.3 is 0 Å². The summed E-state index contributed by atoms with van der Waals surface area (Å²) in [5.74, 6) is 5.60. The van der Waals surface area contributed by atoms with Gasteiger partial charge in [-0.3, -0.25) is 0 Å². The topological polar surface area (TPSA) is 12.9 Å². The molecule has 1 aromatic rings. The third kappa shape index (κ3) is 1.08. The van der Waals surface area contributed by atoms with Crippen molar-refractivity contribution in [1.29, 1.82) is 0 Å². The molecule has 0 radical (unpaired) electrons. The molecule has 0 spiro atoms. The van der Waals surface area contributed by atoms with Crippen LogP contribution in [0, 0.1) is 11.8 Å². The average Bonchev–Trinajstić information content (AvgIpc) is 2.19. The lowest BCUT2D eigenvalue weighted by Gasteiger charge is -1.68. The summed E-state index contributed by atoms with van der Waals surface area (Å²) in [5, 5.41) is 1.93. The third-order valence-electron chi connectivity index (χ3n) is 0.685. The molecule has 0 aromatic carbocycles. The number of hydrogen-bond acceptors (Lipinski definition) is 2. The maximum atomic E-state index is 3.95. The molecule has 2 heteroatoms. The molecule has 0 aliphatic heterocycles. The number of hydrogen-bond donors (Lipinski definition) is 0. The highest BCUT2D eigenvalue weighted by Crippen LogP contribution is 1.96. The van der Waals surface area contributed by atoms with Crippen LogP contribution in [0.25, 0.3) is 0 Å². The fourth-order valence-corrected chi connectivity index (χ4v) is 0.886. The van der Waals surface area contributed by atoms with Gasteiger partial charge in [-0.05, 0) is 12.8 Å². The number of aromatic nitrogens is 1. The highest BCUT2D eigenvalue weighted by molar-refractivity contribution is 7.07. The van der Waals surface area contributed by atoms with Gasteiger partial charge in [0.2, 0.25) is 0 Å². The van der Waals surface area contributed by atoms with E-state index in [2.05, 4.69) is 16.8 Å². The number of nitrogens with zero attached hydrogens (tertiary/aromatic N) is 1. The van der Waals surface area contributed by atoms with Crippen LogP contribution in [-0.2, 0) is 0 Å². The molecule has 0 bridgehead atoms. The van der Waals surface area contributed by atoms with Gasteiger partial charge in [-0.15, -0.1) is 11.3 Å². The fraction of sp³-hybridized carbons (Fsp3) is 0.167. The molecule has 8 heavy (non-hydrogen) atoms. The zero-order valence-corrected chi connectivity index (χ0v) is 5.33. The van der Waals surface area contributed by atoms with Crippen LogP contribution in [0.2, 0.25) is 0 Å². The molecule has 1 aromatic heterocycles. The molecule has 1 rings (SSSR count). The second-order valence-corrected chi connectivity index (χ2v) is 1.97.